The first-order chi connectivity index (χ1) is 27.1. The lowest BCUT2D eigenvalue weighted by Gasteiger charge is -2.33. The Hall–Kier alpha value is -4.34. The Labute approximate surface area is 335 Å². The zero-order valence-corrected chi connectivity index (χ0v) is 33.9. The highest BCUT2D eigenvalue weighted by molar-refractivity contribution is 8.77. The van der Waals surface area contributed by atoms with Crippen molar-refractivity contribution in [1.82, 2.24) is 9.80 Å². The van der Waals surface area contributed by atoms with Crippen LogP contribution in [0.3, 0.4) is 0 Å². The molecule has 2 aromatic carbocycles. The maximum absolute atomic E-state index is 14.0. The van der Waals surface area contributed by atoms with Gasteiger partial charge in [0.1, 0.15) is 6.61 Å². The highest BCUT2D eigenvalue weighted by atomic mass is 33.1. The zero-order valence-electron chi connectivity index (χ0n) is 32.3. The molecule has 0 aromatic heterocycles. The molecular weight excluding hydrogens is 757 g/mol. The Morgan fingerprint density at radius 3 is 2.18 bits per heavy atom. The smallest absolute Gasteiger partial charge is 0.416 e. The molecule has 1 unspecified atom stereocenters. The maximum atomic E-state index is 14.0. The molecule has 7 rings (SSSR count). The predicted octanol–water partition coefficient (Wildman–Crippen LogP) is 7.19. The van der Waals surface area contributed by atoms with Gasteiger partial charge in [-0.25, -0.2) is 9.69 Å². The molecule has 0 bridgehead atoms. The summed E-state index contributed by atoms with van der Waals surface area (Å²) in [7, 11) is 6.43. The third-order valence-electron chi connectivity index (χ3n) is 11.1. The normalized spacial score (nSPS) is 22.3. The number of carbonyl (C=O) groups is 3. The van der Waals surface area contributed by atoms with Crippen molar-refractivity contribution in [3.63, 3.8) is 0 Å². The van der Waals surface area contributed by atoms with Crippen LogP contribution in [0, 0.1) is 0 Å². The molecule has 2 saturated heterocycles. The second-order valence-electron chi connectivity index (χ2n) is 15.0. The summed E-state index contributed by atoms with van der Waals surface area (Å²) in [4.78, 5) is 50.4. The highest BCUT2D eigenvalue weighted by Gasteiger charge is 2.47. The van der Waals surface area contributed by atoms with Gasteiger partial charge in [-0.3, -0.25) is 14.6 Å². The number of amides is 3. The number of hydrogen-bond acceptors (Lipinski definition) is 12. The number of nitrogens with zero attached hydrogens (tertiary/aromatic N) is 4. The molecule has 1 N–H and O–H groups in total. The number of ether oxygens (including phenoxy) is 5. The third-order valence-corrected chi connectivity index (χ3v) is 13.7. The van der Waals surface area contributed by atoms with Gasteiger partial charge in [-0.1, -0.05) is 58.7 Å². The highest BCUT2D eigenvalue weighted by Crippen LogP contribution is 2.47. The number of fused-ring (bicyclic) bond motifs is 4. The Bertz CT molecular complexity index is 1920. The van der Waals surface area contributed by atoms with E-state index in [0.29, 0.717) is 79.7 Å². The molecule has 1 saturated carbocycles. The number of rotatable bonds is 14. The van der Waals surface area contributed by atoms with Crippen molar-refractivity contribution < 1.29 is 43.2 Å². The maximum Gasteiger partial charge on any atom is 0.416 e. The summed E-state index contributed by atoms with van der Waals surface area (Å²) in [6, 6.07) is 5.84. The van der Waals surface area contributed by atoms with E-state index in [4.69, 9.17) is 23.7 Å². The van der Waals surface area contributed by atoms with Crippen molar-refractivity contribution in [3.8, 4) is 23.0 Å². The number of carbonyl (C=O) groups excluding carboxylic acids is 3. The second kappa shape index (κ2) is 17.0. The predicted molar refractivity (Wildman–Crippen MR) is 218 cm³/mol. The van der Waals surface area contributed by atoms with E-state index in [1.54, 1.807) is 69.0 Å². The van der Waals surface area contributed by atoms with Crippen molar-refractivity contribution in [3.05, 3.63) is 59.7 Å². The fourth-order valence-electron chi connectivity index (χ4n) is 8.25. The lowest BCUT2D eigenvalue weighted by Crippen LogP contribution is -2.51. The average molecular weight is 807 g/mol. The van der Waals surface area contributed by atoms with Gasteiger partial charge in [0.05, 0.1) is 66.8 Å². The van der Waals surface area contributed by atoms with E-state index < -0.39 is 18.4 Å². The molecule has 15 heteroatoms. The van der Waals surface area contributed by atoms with Crippen LogP contribution in [-0.4, -0.2) is 115 Å². The second-order valence-corrected chi connectivity index (χ2v) is 17.8. The molecule has 3 amide bonds. The van der Waals surface area contributed by atoms with Crippen LogP contribution in [0.2, 0.25) is 0 Å². The largest absolute Gasteiger partial charge is 0.493 e. The van der Waals surface area contributed by atoms with Crippen LogP contribution in [0.5, 0.6) is 23.0 Å². The van der Waals surface area contributed by atoms with Gasteiger partial charge in [0, 0.05) is 31.4 Å². The van der Waals surface area contributed by atoms with Crippen molar-refractivity contribution in [1.29, 1.82) is 0 Å². The zero-order chi connectivity index (χ0) is 39.6. The van der Waals surface area contributed by atoms with Crippen LogP contribution < -0.4 is 23.8 Å². The van der Waals surface area contributed by atoms with Crippen LogP contribution in [0.25, 0.3) is 0 Å². The van der Waals surface area contributed by atoms with Gasteiger partial charge in [-0.2, -0.15) is 0 Å². The number of hydrogen-bond donors (Lipinski definition) is 1. The van der Waals surface area contributed by atoms with Crippen LogP contribution in [-0.2, 0) is 4.74 Å². The number of aliphatic imine (C=N–C) groups is 1. The molecule has 1 aliphatic carbocycles. The standard InChI is InChI=1S/C41H50N4O9S2/c1-25-15-27-21-42-30-19-35(33(50-3)17-28(30)37(46)43(27)22-25)52-13-9-6-10-14-53-36-20-31-29(18-34(36)51-4)38(47)44-23-26(2)16-32(44)39(48)45(31)40(49)54-24-41(56-55-5)11-7-8-12-41/h17-21,27,32,39,48H,1-2,6-16,22-24H2,3-5H3/t27-,32-,39?/m0/s1. The molecular formula is C41H50N4O9S2. The molecule has 3 atom stereocenters. The summed E-state index contributed by atoms with van der Waals surface area (Å²) < 4.78 is 29.4. The van der Waals surface area contributed by atoms with E-state index in [1.165, 1.54) is 12.0 Å². The average Bonchev–Trinajstić information content (AvgIpc) is 3.90. The number of aliphatic hydroxyl groups excluding tert-OH is 1. The van der Waals surface area contributed by atoms with Gasteiger partial charge < -0.3 is 38.6 Å². The van der Waals surface area contributed by atoms with Gasteiger partial charge in [-0.15, -0.1) is 0 Å². The Kier molecular flexibility index (Phi) is 12.1. The third kappa shape index (κ3) is 7.94. The Balaban J connectivity index is 1.00. The van der Waals surface area contributed by atoms with Crippen LogP contribution in [0.15, 0.2) is 53.6 Å². The molecule has 4 heterocycles. The summed E-state index contributed by atoms with van der Waals surface area (Å²) in [6.45, 7) is 9.83. The lowest BCUT2D eigenvalue weighted by atomic mass is 10.1. The summed E-state index contributed by atoms with van der Waals surface area (Å²) in [5, 5.41) is 11.7. The van der Waals surface area contributed by atoms with E-state index in [2.05, 4.69) is 18.2 Å². The minimum absolute atomic E-state index is 0.0998. The number of unbranched alkanes of at least 4 members (excludes halogenated alkanes) is 2. The van der Waals surface area contributed by atoms with E-state index in [-0.39, 0.29) is 47.0 Å². The van der Waals surface area contributed by atoms with E-state index in [0.717, 1.165) is 43.3 Å². The van der Waals surface area contributed by atoms with Gasteiger partial charge in [-0.05, 0) is 63.3 Å². The Morgan fingerprint density at radius 1 is 0.875 bits per heavy atom. The van der Waals surface area contributed by atoms with Crippen molar-refractivity contribution in [2.24, 2.45) is 4.99 Å². The number of anilines is 1. The van der Waals surface area contributed by atoms with Crippen LogP contribution in [0.1, 0.15) is 78.5 Å². The number of methoxy groups -OCH3 is 2. The monoisotopic (exact) mass is 806 g/mol. The first-order valence-electron chi connectivity index (χ1n) is 19.1. The Morgan fingerprint density at radius 2 is 1.50 bits per heavy atom. The van der Waals surface area contributed by atoms with Gasteiger partial charge >= 0.3 is 6.09 Å². The van der Waals surface area contributed by atoms with Gasteiger partial charge in [0.15, 0.2) is 29.2 Å². The number of benzene rings is 2. The molecule has 3 fully saturated rings. The van der Waals surface area contributed by atoms with Crippen LogP contribution >= 0.6 is 21.6 Å². The molecule has 300 valence electrons. The number of aliphatic hydroxyl groups is 1. The van der Waals surface area contributed by atoms with E-state index >= 15 is 0 Å². The summed E-state index contributed by atoms with van der Waals surface area (Å²) in [5.41, 5.74) is 3.25. The summed E-state index contributed by atoms with van der Waals surface area (Å²) in [6.07, 6.45) is 9.00. The molecule has 2 aromatic rings. The summed E-state index contributed by atoms with van der Waals surface area (Å²) >= 11 is 0. The molecule has 5 aliphatic rings. The van der Waals surface area contributed by atoms with E-state index in [9.17, 15) is 19.5 Å². The minimum Gasteiger partial charge on any atom is -0.493 e. The molecule has 0 spiro atoms. The fourth-order valence-corrected chi connectivity index (χ4v) is 10.9. The first-order valence-corrected chi connectivity index (χ1v) is 21.7. The lowest BCUT2D eigenvalue weighted by molar-refractivity contribution is 0.0484. The molecule has 4 aliphatic heterocycles. The topological polar surface area (TPSA) is 140 Å². The quantitative estimate of drug-likeness (QED) is 0.118. The molecule has 56 heavy (non-hydrogen) atoms. The van der Waals surface area contributed by atoms with Crippen molar-refractivity contribution in [2.75, 3.05) is 58.3 Å². The minimum atomic E-state index is -1.36. The van der Waals surface area contributed by atoms with Crippen molar-refractivity contribution in [2.45, 2.75) is 80.8 Å². The summed E-state index contributed by atoms with van der Waals surface area (Å²) in [5.74, 6) is 1.22. The van der Waals surface area contributed by atoms with Crippen LogP contribution in [0.4, 0.5) is 16.2 Å². The van der Waals surface area contributed by atoms with Gasteiger partial charge in [0.2, 0.25) is 0 Å². The molecule has 0 radical (unpaired) electrons. The van der Waals surface area contributed by atoms with E-state index in [1.807, 2.05) is 6.26 Å². The SMILES string of the molecule is C=C1C[C@H]2C=Nc3cc(OCCCCCOc4cc5c(cc4OC)C(=O)N4CC(=C)C[C@H]4C(O)N5C(=O)OCC4(SSC)CCCC4)c(OC)cc3C(=O)N2C1. The van der Waals surface area contributed by atoms with Gasteiger partial charge in [0.25, 0.3) is 11.8 Å². The van der Waals surface area contributed by atoms with Crippen molar-refractivity contribution >= 4 is 57.1 Å². The molecule has 13 nitrogen and oxygen atoms in total. The first kappa shape index (κ1) is 39.9. The fraction of sp³-hybridized carbons (Fsp3) is 0.512.